The monoisotopic (exact) mass is 328 g/mol. The van der Waals surface area contributed by atoms with Crippen molar-refractivity contribution in [3.8, 4) is 5.75 Å². The van der Waals surface area contributed by atoms with Gasteiger partial charge in [-0.05, 0) is 31.5 Å². The summed E-state index contributed by atoms with van der Waals surface area (Å²) in [6.45, 7) is 3.38. The summed E-state index contributed by atoms with van der Waals surface area (Å²) >= 11 is 3.37. The fourth-order valence-electron chi connectivity index (χ4n) is 2.00. The van der Waals surface area contributed by atoms with E-state index in [-0.39, 0.29) is 6.03 Å². The lowest BCUT2D eigenvalue weighted by molar-refractivity contribution is 0.176. The molecule has 1 atom stereocenters. The maximum absolute atomic E-state index is 12.1. The minimum Gasteiger partial charge on any atom is -0.492 e. The Balaban J connectivity index is 2.09. The Labute approximate surface area is 120 Å². The first-order valence-electron chi connectivity index (χ1n) is 6.26. The number of aliphatic hydroxyl groups is 1. The molecule has 2 rings (SSSR count). The number of carbonyl (C=O) groups is 1. The molecule has 1 aliphatic heterocycles. The largest absolute Gasteiger partial charge is 0.492 e. The maximum Gasteiger partial charge on any atom is 0.322 e. The minimum absolute atomic E-state index is 0.212. The van der Waals surface area contributed by atoms with Crippen molar-refractivity contribution in [2.24, 2.45) is 0 Å². The normalized spacial score (nSPS) is 18.5. The number of halogens is 1. The van der Waals surface area contributed by atoms with E-state index in [1.165, 1.54) is 0 Å². The fraction of sp³-hybridized carbons (Fsp3) is 0.462. The van der Waals surface area contributed by atoms with E-state index in [0.717, 1.165) is 4.47 Å². The third-order valence-electron chi connectivity index (χ3n) is 2.93. The molecule has 0 bridgehead atoms. The molecule has 1 fully saturated rings. The highest BCUT2D eigenvalue weighted by Gasteiger charge is 2.25. The number of nitrogens with zero attached hydrogens (tertiary/aromatic N) is 1. The lowest BCUT2D eigenvalue weighted by Gasteiger charge is -2.18. The van der Waals surface area contributed by atoms with Crippen LogP contribution in [-0.4, -0.2) is 41.8 Å². The molecule has 0 spiro atoms. The SMILES string of the molecule is CCOc1ccc(Br)cc1NC(=O)N1CC[C@H](O)C1. The maximum atomic E-state index is 12.1. The molecule has 0 radical (unpaired) electrons. The van der Waals surface area contributed by atoms with Gasteiger partial charge in [0, 0.05) is 17.6 Å². The zero-order valence-corrected chi connectivity index (χ0v) is 12.3. The van der Waals surface area contributed by atoms with E-state index in [1.807, 2.05) is 19.1 Å². The highest BCUT2D eigenvalue weighted by Crippen LogP contribution is 2.28. The smallest absolute Gasteiger partial charge is 0.322 e. The number of aliphatic hydroxyl groups excluding tert-OH is 1. The molecule has 1 aromatic rings. The number of carbonyl (C=O) groups excluding carboxylic acids is 1. The number of hydrogen-bond acceptors (Lipinski definition) is 3. The van der Waals surface area contributed by atoms with Gasteiger partial charge >= 0.3 is 6.03 Å². The van der Waals surface area contributed by atoms with E-state index in [9.17, 15) is 9.90 Å². The summed E-state index contributed by atoms with van der Waals surface area (Å²) in [5, 5.41) is 12.3. The Morgan fingerprint density at radius 1 is 1.63 bits per heavy atom. The van der Waals surface area contributed by atoms with E-state index in [0.29, 0.717) is 37.6 Å². The summed E-state index contributed by atoms with van der Waals surface area (Å²) in [5.41, 5.74) is 0.627. The van der Waals surface area contributed by atoms with Crippen molar-refractivity contribution in [2.75, 3.05) is 25.0 Å². The lowest BCUT2D eigenvalue weighted by Crippen LogP contribution is -2.33. The number of benzene rings is 1. The van der Waals surface area contributed by atoms with Gasteiger partial charge in [-0.2, -0.15) is 0 Å². The van der Waals surface area contributed by atoms with E-state index < -0.39 is 6.10 Å². The summed E-state index contributed by atoms with van der Waals surface area (Å²) in [5.74, 6) is 0.638. The van der Waals surface area contributed by atoms with Crippen LogP contribution in [0.4, 0.5) is 10.5 Å². The molecule has 2 N–H and O–H groups in total. The van der Waals surface area contributed by atoms with Crippen LogP contribution in [-0.2, 0) is 0 Å². The van der Waals surface area contributed by atoms with Crippen LogP contribution in [0.15, 0.2) is 22.7 Å². The predicted octanol–water partition coefficient (Wildman–Crippen LogP) is 2.45. The van der Waals surface area contributed by atoms with Crippen molar-refractivity contribution >= 4 is 27.6 Å². The summed E-state index contributed by atoms with van der Waals surface area (Å²) in [7, 11) is 0. The van der Waals surface area contributed by atoms with Crippen molar-refractivity contribution in [3.63, 3.8) is 0 Å². The van der Waals surface area contributed by atoms with E-state index in [1.54, 1.807) is 11.0 Å². The van der Waals surface area contributed by atoms with E-state index >= 15 is 0 Å². The quantitative estimate of drug-likeness (QED) is 0.895. The summed E-state index contributed by atoms with van der Waals surface area (Å²) in [4.78, 5) is 13.7. The van der Waals surface area contributed by atoms with Crippen molar-refractivity contribution in [1.82, 2.24) is 4.90 Å². The molecule has 5 nitrogen and oxygen atoms in total. The van der Waals surface area contributed by atoms with Gasteiger partial charge in [-0.1, -0.05) is 15.9 Å². The van der Waals surface area contributed by atoms with Crippen LogP contribution in [0.25, 0.3) is 0 Å². The molecule has 19 heavy (non-hydrogen) atoms. The second kappa shape index (κ2) is 6.25. The van der Waals surface area contributed by atoms with Crippen LogP contribution in [0, 0.1) is 0 Å². The standard InChI is InChI=1S/C13H17BrN2O3/c1-2-19-12-4-3-9(14)7-11(12)15-13(18)16-6-5-10(17)8-16/h3-4,7,10,17H,2,5-6,8H2,1H3,(H,15,18)/t10-/m0/s1. The lowest BCUT2D eigenvalue weighted by atomic mass is 10.3. The van der Waals surface area contributed by atoms with Gasteiger partial charge in [-0.3, -0.25) is 0 Å². The number of hydrogen-bond donors (Lipinski definition) is 2. The molecule has 0 aromatic heterocycles. The summed E-state index contributed by atoms with van der Waals surface area (Å²) in [6.07, 6.45) is 0.212. The first-order chi connectivity index (χ1) is 9.10. The van der Waals surface area contributed by atoms with Crippen LogP contribution in [0.3, 0.4) is 0 Å². The van der Waals surface area contributed by atoms with Crippen LogP contribution in [0.1, 0.15) is 13.3 Å². The Morgan fingerprint density at radius 2 is 2.42 bits per heavy atom. The van der Waals surface area contributed by atoms with Crippen molar-refractivity contribution in [3.05, 3.63) is 22.7 Å². The second-order valence-electron chi connectivity index (χ2n) is 4.39. The van der Waals surface area contributed by atoms with Gasteiger partial charge in [0.1, 0.15) is 5.75 Å². The third kappa shape index (κ3) is 3.61. The van der Waals surface area contributed by atoms with Crippen LogP contribution in [0.2, 0.25) is 0 Å². The van der Waals surface area contributed by atoms with Crippen LogP contribution in [0.5, 0.6) is 5.75 Å². The average Bonchev–Trinajstić information content (AvgIpc) is 2.80. The molecular formula is C13H17BrN2O3. The Hall–Kier alpha value is -1.27. The van der Waals surface area contributed by atoms with Gasteiger partial charge in [-0.15, -0.1) is 0 Å². The molecule has 6 heteroatoms. The molecular weight excluding hydrogens is 312 g/mol. The molecule has 0 unspecified atom stereocenters. The number of urea groups is 1. The molecule has 104 valence electrons. The molecule has 0 aliphatic carbocycles. The zero-order chi connectivity index (χ0) is 13.8. The highest BCUT2D eigenvalue weighted by molar-refractivity contribution is 9.10. The molecule has 2 amide bonds. The summed E-state index contributed by atoms with van der Waals surface area (Å²) in [6, 6.07) is 5.26. The topological polar surface area (TPSA) is 61.8 Å². The van der Waals surface area contributed by atoms with Crippen LogP contribution >= 0.6 is 15.9 Å². The Morgan fingerprint density at radius 3 is 3.05 bits per heavy atom. The van der Waals surface area contributed by atoms with Gasteiger partial charge < -0.3 is 20.1 Å². The molecule has 0 saturated carbocycles. The second-order valence-corrected chi connectivity index (χ2v) is 5.31. The number of likely N-dealkylation sites (tertiary alicyclic amines) is 1. The molecule has 1 saturated heterocycles. The van der Waals surface area contributed by atoms with E-state index in [2.05, 4.69) is 21.2 Å². The number of ether oxygens (including phenoxy) is 1. The van der Waals surface area contributed by atoms with Gasteiger partial charge in [0.2, 0.25) is 0 Å². The highest BCUT2D eigenvalue weighted by atomic mass is 79.9. The average molecular weight is 329 g/mol. The van der Waals surface area contributed by atoms with Gasteiger partial charge in [0.25, 0.3) is 0 Å². The van der Waals surface area contributed by atoms with Crippen LogP contribution < -0.4 is 10.1 Å². The van der Waals surface area contributed by atoms with Crippen molar-refractivity contribution in [2.45, 2.75) is 19.4 Å². The first-order valence-corrected chi connectivity index (χ1v) is 7.05. The van der Waals surface area contributed by atoms with Gasteiger partial charge in [-0.25, -0.2) is 4.79 Å². The minimum atomic E-state index is -0.417. The van der Waals surface area contributed by atoms with Gasteiger partial charge in [0.15, 0.2) is 0 Å². The molecule has 1 aliphatic rings. The number of anilines is 1. The fourth-order valence-corrected chi connectivity index (χ4v) is 2.36. The van der Waals surface area contributed by atoms with Gasteiger partial charge in [0.05, 0.1) is 18.4 Å². The first kappa shape index (κ1) is 14.1. The zero-order valence-electron chi connectivity index (χ0n) is 10.7. The number of amides is 2. The Bertz CT molecular complexity index is 467. The predicted molar refractivity (Wildman–Crippen MR) is 76.5 cm³/mol. The third-order valence-corrected chi connectivity index (χ3v) is 3.43. The number of nitrogens with one attached hydrogen (secondary N) is 1. The van der Waals surface area contributed by atoms with Crippen molar-refractivity contribution < 1.29 is 14.6 Å². The number of rotatable bonds is 3. The Kier molecular flexibility index (Phi) is 4.66. The summed E-state index contributed by atoms with van der Waals surface area (Å²) < 4.78 is 6.34. The molecule has 1 aromatic carbocycles. The number of β-amino-alcohol motifs (C(OH)–C–C–N with tert-alkyl or cyclic N) is 1. The van der Waals surface area contributed by atoms with E-state index in [4.69, 9.17) is 4.74 Å². The molecule has 1 heterocycles. The van der Waals surface area contributed by atoms with Crippen molar-refractivity contribution in [1.29, 1.82) is 0 Å².